The number of hydrogen-bond donors (Lipinski definition) is 1. The number of carbonyl (C=O) groups is 2. The Hall–Kier alpha value is -2.12. The summed E-state index contributed by atoms with van der Waals surface area (Å²) in [6, 6.07) is 7.86. The van der Waals surface area contributed by atoms with Crippen LogP contribution in [-0.4, -0.2) is 67.9 Å². The number of carbonyl (C=O) groups excluding carboxylic acids is 2. The lowest BCUT2D eigenvalue weighted by Crippen LogP contribution is -2.53. The maximum atomic E-state index is 13.0. The molecule has 2 amide bonds. The molecule has 1 aromatic rings. The van der Waals surface area contributed by atoms with Crippen molar-refractivity contribution in [2.45, 2.75) is 56.2 Å². The molecule has 162 valence electrons. The van der Waals surface area contributed by atoms with Gasteiger partial charge in [0, 0.05) is 6.54 Å². The molecular formula is C23H30N2O5. The highest BCUT2D eigenvalue weighted by atomic mass is 16.5. The van der Waals surface area contributed by atoms with Crippen LogP contribution in [0.5, 0.6) is 5.75 Å². The van der Waals surface area contributed by atoms with E-state index < -0.39 is 0 Å². The Morgan fingerprint density at radius 3 is 2.60 bits per heavy atom. The average molecular weight is 415 g/mol. The first-order chi connectivity index (χ1) is 14.7. The molecule has 6 rings (SSSR count). The molecule has 7 nitrogen and oxygen atoms in total. The molecule has 2 saturated heterocycles. The predicted octanol–water partition coefficient (Wildman–Crippen LogP) is 1.85. The number of amides is 2. The van der Waals surface area contributed by atoms with Gasteiger partial charge in [-0.3, -0.25) is 9.59 Å². The maximum Gasteiger partial charge on any atom is 0.260 e. The van der Waals surface area contributed by atoms with Crippen LogP contribution < -0.4 is 10.1 Å². The van der Waals surface area contributed by atoms with Gasteiger partial charge in [-0.2, -0.15) is 0 Å². The molecule has 0 aromatic heterocycles. The monoisotopic (exact) mass is 414 g/mol. The van der Waals surface area contributed by atoms with Crippen molar-refractivity contribution in [3.63, 3.8) is 0 Å². The molecular weight excluding hydrogens is 384 g/mol. The molecule has 1 aliphatic carbocycles. The number of para-hydroxylation sites is 1. The summed E-state index contributed by atoms with van der Waals surface area (Å²) >= 11 is 0. The molecule has 5 aliphatic rings. The highest BCUT2D eigenvalue weighted by Gasteiger charge is 2.40. The van der Waals surface area contributed by atoms with Gasteiger partial charge in [-0.05, 0) is 49.7 Å². The highest BCUT2D eigenvalue weighted by Crippen LogP contribution is 2.39. The lowest BCUT2D eigenvalue weighted by atomic mass is 9.82. The smallest absolute Gasteiger partial charge is 0.260 e. The van der Waals surface area contributed by atoms with Gasteiger partial charge in [-0.15, -0.1) is 0 Å². The molecule has 2 atom stereocenters. The van der Waals surface area contributed by atoms with Crippen LogP contribution in [0.4, 0.5) is 0 Å². The number of rotatable bonds is 2. The first-order valence-corrected chi connectivity index (χ1v) is 11.2. The normalized spacial score (nSPS) is 32.0. The molecule has 4 heterocycles. The fraction of sp³-hybridized carbons (Fsp3) is 0.652. The standard InChI is InChI=1S/C23H30N2O5/c26-22-14-30-21-4-2-1-3-18(21)15-5-7-17(8-6-15)29-13-20-19(9-10-25(20)22)24-23(27)16-11-28-12-16/h1-4,15-17,19-20H,5-14H2,(H,24,27). The molecule has 1 aromatic carbocycles. The molecule has 0 radical (unpaired) electrons. The van der Waals surface area contributed by atoms with Crippen LogP contribution in [0.1, 0.15) is 43.6 Å². The van der Waals surface area contributed by atoms with E-state index >= 15 is 0 Å². The van der Waals surface area contributed by atoms with Gasteiger partial charge in [0.15, 0.2) is 6.61 Å². The Balaban J connectivity index is 1.35. The third-order valence-electron chi connectivity index (χ3n) is 7.09. The van der Waals surface area contributed by atoms with E-state index in [2.05, 4.69) is 11.4 Å². The summed E-state index contributed by atoms with van der Waals surface area (Å²) in [5.74, 6) is 1.18. The molecule has 7 heteroatoms. The molecule has 1 N–H and O–H groups in total. The van der Waals surface area contributed by atoms with E-state index in [9.17, 15) is 9.59 Å². The molecule has 3 fully saturated rings. The van der Waals surface area contributed by atoms with Crippen molar-refractivity contribution in [2.75, 3.05) is 33.0 Å². The Bertz CT molecular complexity index is 788. The number of ether oxygens (including phenoxy) is 3. The summed E-state index contributed by atoms with van der Waals surface area (Å²) in [5, 5.41) is 3.15. The highest BCUT2D eigenvalue weighted by molar-refractivity contribution is 5.81. The summed E-state index contributed by atoms with van der Waals surface area (Å²) in [5.41, 5.74) is 1.20. The lowest BCUT2D eigenvalue weighted by molar-refractivity contribution is -0.141. The zero-order valence-corrected chi connectivity index (χ0v) is 17.3. The van der Waals surface area contributed by atoms with Crippen molar-refractivity contribution in [3.05, 3.63) is 29.8 Å². The first-order valence-electron chi connectivity index (χ1n) is 11.2. The van der Waals surface area contributed by atoms with Crippen molar-refractivity contribution < 1.29 is 23.8 Å². The molecule has 2 bridgehead atoms. The molecule has 30 heavy (non-hydrogen) atoms. The van der Waals surface area contributed by atoms with Gasteiger partial charge in [0.25, 0.3) is 5.91 Å². The van der Waals surface area contributed by atoms with Crippen LogP contribution in [-0.2, 0) is 19.1 Å². The van der Waals surface area contributed by atoms with E-state index in [-0.39, 0.29) is 42.5 Å². The molecule has 0 spiro atoms. The van der Waals surface area contributed by atoms with E-state index in [0.29, 0.717) is 32.3 Å². The van der Waals surface area contributed by atoms with Crippen molar-refractivity contribution in [1.82, 2.24) is 10.2 Å². The second-order valence-electron chi connectivity index (χ2n) is 8.93. The minimum Gasteiger partial charge on any atom is -0.483 e. The second kappa shape index (κ2) is 8.55. The van der Waals surface area contributed by atoms with Crippen LogP contribution >= 0.6 is 0 Å². The number of fused-ring (bicyclic) bond motifs is 5. The molecule has 4 aliphatic heterocycles. The van der Waals surface area contributed by atoms with E-state index in [4.69, 9.17) is 14.2 Å². The fourth-order valence-corrected chi connectivity index (χ4v) is 5.17. The van der Waals surface area contributed by atoms with Crippen molar-refractivity contribution in [1.29, 1.82) is 0 Å². The van der Waals surface area contributed by atoms with E-state index in [1.807, 2.05) is 23.1 Å². The minimum absolute atomic E-state index is 0.0147. The fourth-order valence-electron chi connectivity index (χ4n) is 5.17. The summed E-state index contributed by atoms with van der Waals surface area (Å²) in [4.78, 5) is 27.3. The largest absolute Gasteiger partial charge is 0.483 e. The maximum absolute atomic E-state index is 13.0. The van der Waals surface area contributed by atoms with Gasteiger partial charge in [0.2, 0.25) is 5.91 Å². The van der Waals surface area contributed by atoms with Crippen LogP contribution in [0.25, 0.3) is 0 Å². The van der Waals surface area contributed by atoms with Gasteiger partial charge in [-0.25, -0.2) is 0 Å². The van der Waals surface area contributed by atoms with Crippen molar-refractivity contribution in [3.8, 4) is 5.75 Å². The third-order valence-corrected chi connectivity index (χ3v) is 7.09. The van der Waals surface area contributed by atoms with Gasteiger partial charge >= 0.3 is 0 Å². The quantitative estimate of drug-likeness (QED) is 0.799. The average Bonchev–Trinajstić information content (AvgIpc) is 3.12. The summed E-state index contributed by atoms with van der Waals surface area (Å²) < 4.78 is 17.5. The zero-order valence-electron chi connectivity index (χ0n) is 17.3. The van der Waals surface area contributed by atoms with Crippen LogP contribution in [0, 0.1) is 5.92 Å². The number of benzene rings is 1. The van der Waals surface area contributed by atoms with E-state index in [1.165, 1.54) is 5.56 Å². The van der Waals surface area contributed by atoms with Crippen molar-refractivity contribution >= 4 is 11.8 Å². The topological polar surface area (TPSA) is 77.1 Å². The second-order valence-corrected chi connectivity index (χ2v) is 8.93. The Morgan fingerprint density at radius 2 is 1.83 bits per heavy atom. The van der Waals surface area contributed by atoms with Gasteiger partial charge in [-0.1, -0.05) is 18.2 Å². The Labute approximate surface area is 177 Å². The van der Waals surface area contributed by atoms with E-state index in [0.717, 1.165) is 37.9 Å². The summed E-state index contributed by atoms with van der Waals surface area (Å²) in [7, 11) is 0. The van der Waals surface area contributed by atoms with Crippen LogP contribution in [0.3, 0.4) is 0 Å². The third kappa shape index (κ3) is 3.93. The Kier molecular flexibility index (Phi) is 5.65. The van der Waals surface area contributed by atoms with Crippen LogP contribution in [0.2, 0.25) is 0 Å². The number of nitrogens with one attached hydrogen (secondary N) is 1. The lowest BCUT2D eigenvalue weighted by Gasteiger charge is -2.33. The first kappa shape index (κ1) is 19.8. The Morgan fingerprint density at radius 1 is 1.03 bits per heavy atom. The SMILES string of the molecule is O=C(NC1CCN2C(=O)COc3ccccc3C3CCC(CC3)OCC12)C1COC1. The predicted molar refractivity (Wildman–Crippen MR) is 109 cm³/mol. The van der Waals surface area contributed by atoms with Gasteiger partial charge in [0.05, 0.1) is 43.9 Å². The number of nitrogens with zero attached hydrogens (tertiary/aromatic N) is 1. The van der Waals surface area contributed by atoms with Gasteiger partial charge in [0.1, 0.15) is 5.75 Å². The molecule has 2 unspecified atom stereocenters. The van der Waals surface area contributed by atoms with Crippen LogP contribution in [0.15, 0.2) is 24.3 Å². The minimum atomic E-state index is -0.153. The molecule has 1 saturated carbocycles. The van der Waals surface area contributed by atoms with E-state index in [1.54, 1.807) is 0 Å². The van der Waals surface area contributed by atoms with Gasteiger partial charge < -0.3 is 24.4 Å². The zero-order chi connectivity index (χ0) is 20.5. The summed E-state index contributed by atoms with van der Waals surface area (Å²) in [6.07, 6.45) is 5.10. The summed E-state index contributed by atoms with van der Waals surface area (Å²) in [6.45, 7) is 2.05. The van der Waals surface area contributed by atoms with Crippen molar-refractivity contribution in [2.24, 2.45) is 5.92 Å². The number of hydrogen-bond acceptors (Lipinski definition) is 5.